The molecule has 17 heavy (non-hydrogen) atoms. The molecule has 0 aromatic heterocycles. The highest BCUT2D eigenvalue weighted by Gasteiger charge is 2.31. The van der Waals surface area contributed by atoms with Crippen molar-refractivity contribution in [2.24, 2.45) is 5.92 Å². The molecule has 0 saturated carbocycles. The van der Waals surface area contributed by atoms with Gasteiger partial charge < -0.3 is 9.59 Å². The monoisotopic (exact) mass is 234 g/mol. The summed E-state index contributed by atoms with van der Waals surface area (Å²) in [5, 5.41) is 9.41. The lowest BCUT2D eigenvalue weighted by atomic mass is 9.82. The van der Waals surface area contributed by atoms with Crippen LogP contribution in [0.1, 0.15) is 22.3 Å². The first kappa shape index (κ1) is 12.1. The zero-order chi connectivity index (χ0) is 12.6. The molecule has 1 aromatic carbocycles. The number of aromatic hydroxyl groups is 1. The molecule has 92 valence electrons. The van der Waals surface area contributed by atoms with Crippen LogP contribution in [0, 0.1) is 5.92 Å². The van der Waals surface area contributed by atoms with E-state index >= 15 is 0 Å². The van der Waals surface area contributed by atoms with Crippen LogP contribution in [0.3, 0.4) is 0 Å². The normalized spacial score (nSPS) is 20.2. The highest BCUT2D eigenvalue weighted by molar-refractivity contribution is 6.00. The van der Waals surface area contributed by atoms with Crippen molar-refractivity contribution < 1.29 is 14.4 Å². The van der Waals surface area contributed by atoms with E-state index in [1.807, 2.05) is 0 Å². The second-order valence-corrected chi connectivity index (χ2v) is 5.91. The molecule has 1 unspecified atom stereocenters. The lowest BCUT2D eigenvalue weighted by molar-refractivity contribution is -0.872. The fourth-order valence-electron chi connectivity index (χ4n) is 2.54. The van der Waals surface area contributed by atoms with Crippen LogP contribution in [0.25, 0.3) is 0 Å². The molecule has 0 heterocycles. The van der Waals surface area contributed by atoms with Gasteiger partial charge in [-0.3, -0.25) is 4.79 Å². The molecule has 1 atom stereocenters. The molecule has 0 aliphatic heterocycles. The number of quaternary nitrogens is 1. The van der Waals surface area contributed by atoms with Crippen LogP contribution in [0.2, 0.25) is 0 Å². The third kappa shape index (κ3) is 2.67. The third-order valence-electron chi connectivity index (χ3n) is 3.26. The number of phenolic OH excluding ortho intramolecular Hbond substituents is 1. The van der Waals surface area contributed by atoms with Gasteiger partial charge in [0.05, 0.1) is 33.6 Å². The molecule has 0 spiro atoms. The Balaban J connectivity index is 2.25. The summed E-state index contributed by atoms with van der Waals surface area (Å²) in [6.07, 6.45) is 1.78. The van der Waals surface area contributed by atoms with Crippen LogP contribution >= 0.6 is 0 Å². The fraction of sp³-hybridized carbons (Fsp3) is 0.500. The Morgan fingerprint density at radius 3 is 2.71 bits per heavy atom. The highest BCUT2D eigenvalue weighted by Crippen LogP contribution is 2.29. The first-order valence-electron chi connectivity index (χ1n) is 6.03. The smallest absolute Gasteiger partial charge is 0.171 e. The van der Waals surface area contributed by atoms with Crippen molar-refractivity contribution in [2.45, 2.75) is 12.8 Å². The Hall–Kier alpha value is -1.35. The number of carbonyl (C=O) groups excluding carboxylic acids is 1. The van der Waals surface area contributed by atoms with Crippen LogP contribution in [0.4, 0.5) is 0 Å². The molecule has 0 amide bonds. The van der Waals surface area contributed by atoms with Crippen LogP contribution in [-0.4, -0.2) is 43.1 Å². The molecular formula is C14H20NO2+. The van der Waals surface area contributed by atoms with E-state index in [0.29, 0.717) is 0 Å². The van der Waals surface area contributed by atoms with Crippen LogP contribution in [0.5, 0.6) is 5.75 Å². The van der Waals surface area contributed by atoms with Crippen LogP contribution < -0.4 is 0 Å². The predicted octanol–water partition coefficient (Wildman–Crippen LogP) is 1.84. The van der Waals surface area contributed by atoms with E-state index < -0.39 is 0 Å². The molecule has 1 aliphatic rings. The van der Waals surface area contributed by atoms with Gasteiger partial charge in [-0.25, -0.2) is 0 Å². The lowest BCUT2D eigenvalue weighted by Gasteiger charge is -2.31. The maximum Gasteiger partial charge on any atom is 0.171 e. The van der Waals surface area contributed by atoms with Gasteiger partial charge >= 0.3 is 0 Å². The van der Waals surface area contributed by atoms with Gasteiger partial charge in [-0.1, -0.05) is 0 Å². The Bertz CT molecular complexity index is 446. The quantitative estimate of drug-likeness (QED) is 0.793. The number of aryl methyl sites for hydroxylation is 1. The maximum absolute atomic E-state index is 12.3. The summed E-state index contributed by atoms with van der Waals surface area (Å²) in [6.45, 7) is 0.874. The van der Waals surface area contributed by atoms with Gasteiger partial charge in [-0.15, -0.1) is 0 Å². The predicted molar refractivity (Wildman–Crippen MR) is 67.1 cm³/mol. The molecule has 1 N–H and O–H groups in total. The number of rotatable bonds is 2. The second-order valence-electron chi connectivity index (χ2n) is 5.91. The minimum absolute atomic E-state index is 0.118. The van der Waals surface area contributed by atoms with E-state index in [4.69, 9.17) is 0 Å². The number of fused-ring (bicyclic) bond motifs is 1. The molecule has 3 nitrogen and oxygen atoms in total. The SMILES string of the molecule is C[N+](C)(C)CC1CCc2cc(O)ccc2C1=O. The summed E-state index contributed by atoms with van der Waals surface area (Å²) < 4.78 is 0.809. The van der Waals surface area contributed by atoms with Gasteiger partial charge in [0.1, 0.15) is 5.75 Å². The molecule has 1 aromatic rings. The van der Waals surface area contributed by atoms with Crippen LogP contribution in [-0.2, 0) is 6.42 Å². The molecule has 2 rings (SSSR count). The number of Topliss-reactive ketones (excluding diaryl/α,β-unsaturated/α-hetero) is 1. The zero-order valence-corrected chi connectivity index (χ0v) is 10.7. The van der Waals surface area contributed by atoms with E-state index in [1.54, 1.807) is 18.2 Å². The number of hydrogen-bond acceptors (Lipinski definition) is 2. The summed E-state index contributed by atoms with van der Waals surface area (Å²) in [4.78, 5) is 12.3. The van der Waals surface area contributed by atoms with Gasteiger partial charge in [0, 0.05) is 5.56 Å². The summed E-state index contributed by atoms with van der Waals surface area (Å²) in [6, 6.07) is 5.08. The summed E-state index contributed by atoms with van der Waals surface area (Å²) in [7, 11) is 6.33. The Morgan fingerprint density at radius 2 is 2.06 bits per heavy atom. The van der Waals surface area contributed by atoms with Gasteiger partial charge in [-0.2, -0.15) is 0 Å². The molecule has 0 fully saturated rings. The van der Waals surface area contributed by atoms with E-state index in [0.717, 1.165) is 35.0 Å². The van der Waals surface area contributed by atoms with E-state index in [2.05, 4.69) is 21.1 Å². The average Bonchev–Trinajstić information content (AvgIpc) is 2.20. The number of nitrogens with zero attached hydrogens (tertiary/aromatic N) is 1. The van der Waals surface area contributed by atoms with Crippen molar-refractivity contribution in [1.29, 1.82) is 0 Å². The highest BCUT2D eigenvalue weighted by atomic mass is 16.3. The molecule has 1 aliphatic carbocycles. The number of benzene rings is 1. The standard InChI is InChI=1S/C14H19NO2/c1-15(2,3)9-11-5-4-10-8-12(16)6-7-13(10)14(11)17/h6-8,11H,4-5,9H2,1-3H3/p+1. The van der Waals surface area contributed by atoms with Gasteiger partial charge in [0.2, 0.25) is 0 Å². The third-order valence-corrected chi connectivity index (χ3v) is 3.26. The maximum atomic E-state index is 12.3. The van der Waals surface area contributed by atoms with Gasteiger partial charge in [0.15, 0.2) is 5.78 Å². The minimum atomic E-state index is 0.118. The summed E-state index contributed by atoms with van der Waals surface area (Å²) >= 11 is 0. The minimum Gasteiger partial charge on any atom is -0.508 e. The molecule has 0 radical (unpaired) electrons. The Morgan fingerprint density at radius 1 is 1.35 bits per heavy atom. The molecule has 0 bridgehead atoms. The number of ketones is 1. The van der Waals surface area contributed by atoms with E-state index in [-0.39, 0.29) is 17.5 Å². The number of phenols is 1. The zero-order valence-electron chi connectivity index (χ0n) is 10.7. The molecular weight excluding hydrogens is 214 g/mol. The Labute approximate surface area is 102 Å². The average molecular weight is 234 g/mol. The van der Waals surface area contributed by atoms with E-state index in [1.165, 1.54) is 0 Å². The van der Waals surface area contributed by atoms with Crippen molar-refractivity contribution in [3.8, 4) is 5.75 Å². The van der Waals surface area contributed by atoms with E-state index in [9.17, 15) is 9.90 Å². The largest absolute Gasteiger partial charge is 0.508 e. The van der Waals surface area contributed by atoms with Crippen molar-refractivity contribution in [1.82, 2.24) is 0 Å². The van der Waals surface area contributed by atoms with Crippen molar-refractivity contribution >= 4 is 5.78 Å². The topological polar surface area (TPSA) is 37.3 Å². The van der Waals surface area contributed by atoms with Gasteiger partial charge in [-0.05, 0) is 36.6 Å². The van der Waals surface area contributed by atoms with Crippen LogP contribution in [0.15, 0.2) is 18.2 Å². The Kier molecular flexibility index (Phi) is 2.96. The first-order chi connectivity index (χ1) is 7.87. The molecule has 0 saturated heterocycles. The molecule has 3 heteroatoms. The van der Waals surface area contributed by atoms with Gasteiger partial charge in [0.25, 0.3) is 0 Å². The fourth-order valence-corrected chi connectivity index (χ4v) is 2.54. The first-order valence-corrected chi connectivity index (χ1v) is 6.03. The van der Waals surface area contributed by atoms with Crippen molar-refractivity contribution in [3.05, 3.63) is 29.3 Å². The van der Waals surface area contributed by atoms with Crippen molar-refractivity contribution in [2.75, 3.05) is 27.7 Å². The second kappa shape index (κ2) is 4.15. The lowest BCUT2D eigenvalue weighted by Crippen LogP contribution is -2.42. The van der Waals surface area contributed by atoms with Crippen molar-refractivity contribution in [3.63, 3.8) is 0 Å². The summed E-state index contributed by atoms with van der Waals surface area (Å²) in [5.74, 6) is 0.605. The number of carbonyl (C=O) groups is 1. The summed E-state index contributed by atoms with van der Waals surface area (Å²) in [5.41, 5.74) is 1.79. The number of hydrogen-bond donors (Lipinski definition) is 1.